The van der Waals surface area contributed by atoms with Gasteiger partial charge in [0.05, 0.1) is 12.2 Å². The second-order valence-electron chi connectivity index (χ2n) is 7.86. The molecule has 0 radical (unpaired) electrons. The number of unbranched alkanes of at least 4 members (excludes halogenated alkanes) is 4. The number of methoxy groups -OCH3 is 2. The SMILES string of the molecule is CCCC/C=C\C[C@@H]1[C@@H](CCC(CCCCC)(OC)OC)[C@H](O)C[C@@H]1O. The molecule has 154 valence electrons. The fraction of sp³-hybridized carbons (Fsp3) is 0.909. The summed E-state index contributed by atoms with van der Waals surface area (Å²) in [4.78, 5) is 0. The molecule has 4 nitrogen and oxygen atoms in total. The molecule has 0 aromatic carbocycles. The third-order valence-electron chi connectivity index (χ3n) is 6.08. The van der Waals surface area contributed by atoms with Crippen LogP contribution in [0.3, 0.4) is 0 Å². The fourth-order valence-corrected chi connectivity index (χ4v) is 4.25. The number of aliphatic hydroxyl groups excluding tert-OH is 2. The van der Waals surface area contributed by atoms with Crippen LogP contribution in [-0.4, -0.2) is 42.4 Å². The first kappa shape index (κ1) is 23.6. The number of aliphatic hydroxyl groups is 2. The molecule has 1 aliphatic rings. The lowest BCUT2D eigenvalue weighted by Crippen LogP contribution is -2.35. The summed E-state index contributed by atoms with van der Waals surface area (Å²) in [6.07, 6.45) is 14.3. The minimum absolute atomic E-state index is 0.108. The lowest BCUT2D eigenvalue weighted by atomic mass is 9.85. The van der Waals surface area contributed by atoms with Gasteiger partial charge in [-0.25, -0.2) is 0 Å². The van der Waals surface area contributed by atoms with Crippen molar-refractivity contribution in [1.29, 1.82) is 0 Å². The standard InChI is InChI=1S/C22H42O4/c1-5-7-9-10-11-13-18-19(21(24)17-20(18)23)14-16-22(25-3,26-4)15-12-8-6-2/h10-11,18-21,23-24H,5-9,12-17H2,1-4H3/b11-10-/t18-,19-,20+,21-/m1/s1. The molecule has 1 saturated carbocycles. The molecule has 0 saturated heterocycles. The number of ether oxygens (including phenoxy) is 2. The summed E-state index contributed by atoms with van der Waals surface area (Å²) in [5.41, 5.74) is 0. The first-order valence-electron chi connectivity index (χ1n) is 10.6. The number of allylic oxidation sites excluding steroid dienone is 2. The molecule has 4 atom stereocenters. The van der Waals surface area contributed by atoms with Gasteiger partial charge in [0.1, 0.15) is 0 Å². The summed E-state index contributed by atoms with van der Waals surface area (Å²) in [7, 11) is 3.42. The van der Waals surface area contributed by atoms with Crippen molar-refractivity contribution in [3.63, 3.8) is 0 Å². The van der Waals surface area contributed by atoms with Gasteiger partial charge in [-0.3, -0.25) is 0 Å². The molecular formula is C22H42O4. The minimum Gasteiger partial charge on any atom is -0.393 e. The van der Waals surface area contributed by atoms with Gasteiger partial charge < -0.3 is 19.7 Å². The van der Waals surface area contributed by atoms with Crippen LogP contribution in [0.15, 0.2) is 12.2 Å². The van der Waals surface area contributed by atoms with E-state index in [1.807, 2.05) is 0 Å². The molecule has 4 heteroatoms. The van der Waals surface area contributed by atoms with Crippen molar-refractivity contribution in [2.75, 3.05) is 14.2 Å². The maximum atomic E-state index is 10.5. The van der Waals surface area contributed by atoms with E-state index in [9.17, 15) is 10.2 Å². The third-order valence-corrected chi connectivity index (χ3v) is 6.08. The Hall–Kier alpha value is -0.420. The van der Waals surface area contributed by atoms with Crippen LogP contribution >= 0.6 is 0 Å². The Labute approximate surface area is 161 Å². The highest BCUT2D eigenvalue weighted by Gasteiger charge is 2.42. The Morgan fingerprint density at radius 1 is 0.885 bits per heavy atom. The Morgan fingerprint density at radius 3 is 2.15 bits per heavy atom. The van der Waals surface area contributed by atoms with Crippen LogP contribution in [0.1, 0.15) is 84.5 Å². The van der Waals surface area contributed by atoms with Gasteiger partial charge in [0, 0.05) is 27.1 Å². The number of hydrogen-bond donors (Lipinski definition) is 2. The maximum absolute atomic E-state index is 10.5. The van der Waals surface area contributed by atoms with E-state index < -0.39 is 18.0 Å². The average Bonchev–Trinajstić information content (AvgIpc) is 2.91. The fourth-order valence-electron chi connectivity index (χ4n) is 4.25. The van der Waals surface area contributed by atoms with Gasteiger partial charge in [0.15, 0.2) is 5.79 Å². The molecule has 0 amide bonds. The summed E-state index contributed by atoms with van der Waals surface area (Å²) in [5, 5.41) is 20.9. The van der Waals surface area contributed by atoms with Crippen molar-refractivity contribution in [3.8, 4) is 0 Å². The minimum atomic E-state index is -0.566. The molecule has 1 aliphatic carbocycles. The predicted octanol–water partition coefficient (Wildman–Crippen LogP) is 4.83. The molecule has 0 aromatic heterocycles. The van der Waals surface area contributed by atoms with Gasteiger partial charge in [-0.2, -0.15) is 0 Å². The molecular weight excluding hydrogens is 328 g/mol. The van der Waals surface area contributed by atoms with E-state index in [-0.39, 0.29) is 11.8 Å². The van der Waals surface area contributed by atoms with E-state index in [1.54, 1.807) is 14.2 Å². The highest BCUT2D eigenvalue weighted by molar-refractivity contribution is 4.96. The molecule has 0 heterocycles. The first-order valence-corrected chi connectivity index (χ1v) is 10.6. The van der Waals surface area contributed by atoms with Crippen LogP contribution < -0.4 is 0 Å². The van der Waals surface area contributed by atoms with E-state index in [4.69, 9.17) is 9.47 Å². The van der Waals surface area contributed by atoms with Crippen LogP contribution in [0.2, 0.25) is 0 Å². The third kappa shape index (κ3) is 7.30. The molecule has 0 unspecified atom stereocenters. The topological polar surface area (TPSA) is 58.9 Å². The second kappa shape index (κ2) is 12.9. The molecule has 0 aromatic rings. The largest absolute Gasteiger partial charge is 0.393 e. The lowest BCUT2D eigenvalue weighted by molar-refractivity contribution is -0.218. The second-order valence-corrected chi connectivity index (χ2v) is 7.86. The maximum Gasteiger partial charge on any atom is 0.167 e. The van der Waals surface area contributed by atoms with Crippen molar-refractivity contribution in [1.82, 2.24) is 0 Å². The molecule has 0 spiro atoms. The molecule has 1 rings (SSSR count). The quantitative estimate of drug-likeness (QED) is 0.261. The summed E-state index contributed by atoms with van der Waals surface area (Å²) in [6.45, 7) is 4.38. The molecule has 1 fully saturated rings. The van der Waals surface area contributed by atoms with E-state index in [2.05, 4.69) is 26.0 Å². The first-order chi connectivity index (χ1) is 12.5. The zero-order valence-electron chi connectivity index (χ0n) is 17.5. The number of hydrogen-bond acceptors (Lipinski definition) is 4. The summed E-state index contributed by atoms with van der Waals surface area (Å²) < 4.78 is 11.5. The average molecular weight is 371 g/mol. The Morgan fingerprint density at radius 2 is 1.54 bits per heavy atom. The smallest absolute Gasteiger partial charge is 0.167 e. The van der Waals surface area contributed by atoms with Crippen LogP contribution in [0.25, 0.3) is 0 Å². The Bertz CT molecular complexity index is 378. The Kier molecular flexibility index (Phi) is 11.7. The lowest BCUT2D eigenvalue weighted by Gasteiger charge is -2.33. The summed E-state index contributed by atoms with van der Waals surface area (Å²) in [5.74, 6) is -0.328. The zero-order valence-corrected chi connectivity index (χ0v) is 17.5. The van der Waals surface area contributed by atoms with Crippen molar-refractivity contribution >= 4 is 0 Å². The van der Waals surface area contributed by atoms with E-state index in [1.165, 1.54) is 25.7 Å². The van der Waals surface area contributed by atoms with E-state index >= 15 is 0 Å². The summed E-state index contributed by atoms with van der Waals surface area (Å²) in [6, 6.07) is 0. The Balaban J connectivity index is 2.62. The molecule has 0 aliphatic heterocycles. The summed E-state index contributed by atoms with van der Waals surface area (Å²) >= 11 is 0. The monoisotopic (exact) mass is 370 g/mol. The highest BCUT2D eigenvalue weighted by atomic mass is 16.7. The van der Waals surface area contributed by atoms with Crippen LogP contribution in [0.5, 0.6) is 0 Å². The van der Waals surface area contributed by atoms with E-state index in [0.717, 1.165) is 38.5 Å². The van der Waals surface area contributed by atoms with Gasteiger partial charge >= 0.3 is 0 Å². The normalized spacial score (nSPS) is 26.8. The van der Waals surface area contributed by atoms with Gasteiger partial charge in [-0.15, -0.1) is 0 Å². The van der Waals surface area contributed by atoms with Crippen molar-refractivity contribution in [2.24, 2.45) is 11.8 Å². The number of rotatable bonds is 14. The van der Waals surface area contributed by atoms with Crippen LogP contribution in [0, 0.1) is 11.8 Å². The van der Waals surface area contributed by atoms with Gasteiger partial charge in [0.25, 0.3) is 0 Å². The zero-order chi connectivity index (χ0) is 19.4. The predicted molar refractivity (Wildman–Crippen MR) is 107 cm³/mol. The van der Waals surface area contributed by atoms with Crippen molar-refractivity contribution < 1.29 is 19.7 Å². The molecule has 26 heavy (non-hydrogen) atoms. The highest BCUT2D eigenvalue weighted by Crippen LogP contribution is 2.40. The van der Waals surface area contributed by atoms with Gasteiger partial charge in [-0.1, -0.05) is 51.7 Å². The van der Waals surface area contributed by atoms with Crippen molar-refractivity contribution in [2.45, 2.75) is 102 Å². The van der Waals surface area contributed by atoms with E-state index in [0.29, 0.717) is 6.42 Å². The van der Waals surface area contributed by atoms with Gasteiger partial charge in [0.2, 0.25) is 0 Å². The van der Waals surface area contributed by atoms with Crippen LogP contribution in [-0.2, 0) is 9.47 Å². The van der Waals surface area contributed by atoms with Gasteiger partial charge in [-0.05, 0) is 43.9 Å². The van der Waals surface area contributed by atoms with Crippen LogP contribution in [0.4, 0.5) is 0 Å². The molecule has 2 N–H and O–H groups in total. The molecule has 0 bridgehead atoms. The van der Waals surface area contributed by atoms with Crippen molar-refractivity contribution in [3.05, 3.63) is 12.2 Å².